The maximum absolute atomic E-state index is 5.39. The van der Waals surface area contributed by atoms with Crippen LogP contribution in [0.15, 0.2) is 30.1 Å². The lowest BCUT2D eigenvalue weighted by Crippen LogP contribution is -2.33. The Hall–Kier alpha value is -1.13. The molecule has 1 aliphatic heterocycles. The molecule has 0 spiro atoms. The summed E-state index contributed by atoms with van der Waals surface area (Å²) in [5, 5.41) is 7.67. The first kappa shape index (κ1) is 11.4. The van der Waals surface area contributed by atoms with E-state index in [1.54, 1.807) is 0 Å². The second kappa shape index (κ2) is 5.82. The number of ether oxygens (including phenoxy) is 1. The summed E-state index contributed by atoms with van der Waals surface area (Å²) >= 11 is 0. The lowest BCUT2D eigenvalue weighted by molar-refractivity contribution is 0.148. The van der Waals surface area contributed by atoms with Gasteiger partial charge in [-0.1, -0.05) is 6.08 Å². The fourth-order valence-corrected chi connectivity index (χ4v) is 1.79. The highest BCUT2D eigenvalue weighted by atomic mass is 16.5. The smallest absolute Gasteiger partial charge is 0.0689 e. The van der Waals surface area contributed by atoms with Gasteiger partial charge in [0.05, 0.1) is 19.8 Å². The third kappa shape index (κ3) is 3.47. The molecule has 1 aromatic heterocycles. The van der Waals surface area contributed by atoms with Crippen molar-refractivity contribution in [1.82, 2.24) is 15.1 Å². The van der Waals surface area contributed by atoms with Gasteiger partial charge in [-0.15, -0.1) is 0 Å². The Morgan fingerprint density at radius 3 is 3.25 bits per heavy atom. The van der Waals surface area contributed by atoms with Gasteiger partial charge in [0.25, 0.3) is 0 Å². The van der Waals surface area contributed by atoms with Crippen LogP contribution in [0.2, 0.25) is 0 Å². The van der Waals surface area contributed by atoms with E-state index in [0.717, 1.165) is 32.7 Å². The molecular weight excluding hydrogens is 202 g/mol. The molecule has 1 unspecified atom stereocenters. The van der Waals surface area contributed by atoms with E-state index >= 15 is 0 Å². The highest BCUT2D eigenvalue weighted by molar-refractivity contribution is 5.06. The molecule has 0 radical (unpaired) electrons. The summed E-state index contributed by atoms with van der Waals surface area (Å²) in [5.41, 5.74) is 1.36. The molecule has 0 bridgehead atoms. The van der Waals surface area contributed by atoms with Gasteiger partial charge in [0, 0.05) is 25.0 Å². The van der Waals surface area contributed by atoms with Crippen LogP contribution in [0.3, 0.4) is 0 Å². The summed E-state index contributed by atoms with van der Waals surface area (Å²) in [6.45, 7) is 5.64. The Morgan fingerprint density at radius 2 is 2.56 bits per heavy atom. The van der Waals surface area contributed by atoms with E-state index in [-0.39, 0.29) is 0 Å². The predicted molar refractivity (Wildman–Crippen MR) is 63.2 cm³/mol. The van der Waals surface area contributed by atoms with Gasteiger partial charge in [-0.25, -0.2) is 0 Å². The third-order valence-electron chi connectivity index (χ3n) is 2.68. The van der Waals surface area contributed by atoms with Crippen LogP contribution in [0.25, 0.3) is 0 Å². The summed E-state index contributed by atoms with van der Waals surface area (Å²) in [4.78, 5) is 0. The van der Waals surface area contributed by atoms with E-state index in [4.69, 9.17) is 4.74 Å². The van der Waals surface area contributed by atoms with Crippen molar-refractivity contribution in [1.29, 1.82) is 0 Å². The van der Waals surface area contributed by atoms with Crippen molar-refractivity contribution in [3.63, 3.8) is 0 Å². The van der Waals surface area contributed by atoms with Gasteiger partial charge in [-0.2, -0.15) is 5.10 Å². The van der Waals surface area contributed by atoms with Gasteiger partial charge in [-0.3, -0.25) is 4.68 Å². The molecule has 0 saturated heterocycles. The van der Waals surface area contributed by atoms with Crippen LogP contribution < -0.4 is 5.32 Å². The molecule has 0 amide bonds. The molecule has 2 heterocycles. The van der Waals surface area contributed by atoms with Crippen molar-refractivity contribution < 1.29 is 4.74 Å². The third-order valence-corrected chi connectivity index (χ3v) is 2.68. The van der Waals surface area contributed by atoms with Crippen LogP contribution in [0, 0.1) is 0 Å². The summed E-state index contributed by atoms with van der Waals surface area (Å²) in [5.74, 6) is 0. The Kier molecular flexibility index (Phi) is 4.13. The molecule has 0 aliphatic carbocycles. The van der Waals surface area contributed by atoms with Crippen LogP contribution in [0.1, 0.15) is 13.3 Å². The number of aromatic nitrogens is 2. The van der Waals surface area contributed by atoms with Gasteiger partial charge < -0.3 is 10.1 Å². The number of nitrogens with one attached hydrogen (secondary N) is 1. The first-order chi connectivity index (χ1) is 7.84. The maximum atomic E-state index is 5.39. The first-order valence-corrected chi connectivity index (χ1v) is 5.81. The molecule has 4 heteroatoms. The number of hydrogen-bond donors (Lipinski definition) is 1. The minimum Gasteiger partial charge on any atom is -0.377 e. The van der Waals surface area contributed by atoms with E-state index in [0.29, 0.717) is 6.04 Å². The summed E-state index contributed by atoms with van der Waals surface area (Å²) < 4.78 is 7.34. The predicted octanol–water partition coefficient (Wildman–Crippen LogP) is 1.21. The average molecular weight is 221 g/mol. The second-order valence-electron chi connectivity index (χ2n) is 4.21. The van der Waals surface area contributed by atoms with Crippen LogP contribution in [0.4, 0.5) is 0 Å². The zero-order valence-corrected chi connectivity index (χ0v) is 9.72. The summed E-state index contributed by atoms with van der Waals surface area (Å²) in [6.07, 6.45) is 7.12. The van der Waals surface area contributed by atoms with E-state index in [1.165, 1.54) is 5.57 Å². The largest absolute Gasteiger partial charge is 0.377 e. The normalized spacial score (nSPS) is 18.2. The molecule has 88 valence electrons. The molecule has 16 heavy (non-hydrogen) atoms. The molecule has 0 fully saturated rings. The molecule has 1 atom stereocenters. The Balaban J connectivity index is 1.71. The maximum Gasteiger partial charge on any atom is 0.0689 e. The van der Waals surface area contributed by atoms with Gasteiger partial charge in [0.15, 0.2) is 0 Å². The number of hydrogen-bond acceptors (Lipinski definition) is 3. The monoisotopic (exact) mass is 221 g/mol. The Morgan fingerprint density at radius 1 is 1.62 bits per heavy atom. The van der Waals surface area contributed by atoms with Crippen LogP contribution in [0.5, 0.6) is 0 Å². The van der Waals surface area contributed by atoms with Crippen LogP contribution >= 0.6 is 0 Å². The van der Waals surface area contributed by atoms with Gasteiger partial charge in [0.1, 0.15) is 0 Å². The number of nitrogens with zero attached hydrogens (tertiary/aromatic N) is 2. The highest BCUT2D eigenvalue weighted by Gasteiger charge is 2.06. The first-order valence-electron chi connectivity index (χ1n) is 5.81. The van der Waals surface area contributed by atoms with E-state index in [2.05, 4.69) is 23.4 Å². The fourth-order valence-electron chi connectivity index (χ4n) is 1.79. The molecule has 1 aromatic rings. The molecule has 4 nitrogen and oxygen atoms in total. The SMILES string of the molecule is CC(Cn1cccn1)NCC1=CCCOC1. The molecule has 1 aliphatic rings. The van der Waals surface area contributed by atoms with Crippen molar-refractivity contribution in [2.24, 2.45) is 0 Å². The molecule has 0 aromatic carbocycles. The van der Waals surface area contributed by atoms with Crippen molar-refractivity contribution in [2.45, 2.75) is 25.9 Å². The quantitative estimate of drug-likeness (QED) is 0.760. The van der Waals surface area contributed by atoms with Gasteiger partial charge >= 0.3 is 0 Å². The minimum absolute atomic E-state index is 0.419. The summed E-state index contributed by atoms with van der Waals surface area (Å²) in [7, 11) is 0. The molecule has 0 saturated carbocycles. The lowest BCUT2D eigenvalue weighted by Gasteiger charge is -2.18. The van der Waals surface area contributed by atoms with E-state index < -0.39 is 0 Å². The fraction of sp³-hybridized carbons (Fsp3) is 0.583. The lowest BCUT2D eigenvalue weighted by atomic mass is 10.2. The van der Waals surface area contributed by atoms with Crippen molar-refractivity contribution in [3.05, 3.63) is 30.1 Å². The van der Waals surface area contributed by atoms with Gasteiger partial charge in [-0.05, 0) is 25.0 Å². The number of rotatable bonds is 5. The zero-order valence-electron chi connectivity index (χ0n) is 9.72. The average Bonchev–Trinajstić information content (AvgIpc) is 2.81. The van der Waals surface area contributed by atoms with Crippen LogP contribution in [-0.4, -0.2) is 35.6 Å². The zero-order chi connectivity index (χ0) is 11.2. The van der Waals surface area contributed by atoms with E-state index in [1.807, 2.05) is 23.1 Å². The molecule has 2 rings (SSSR count). The molecular formula is C12H19N3O. The summed E-state index contributed by atoms with van der Waals surface area (Å²) in [6, 6.07) is 2.37. The standard InChI is InChI=1S/C12H19N3O/c1-11(9-15-6-3-5-14-15)13-8-12-4-2-7-16-10-12/h3-6,11,13H,2,7-10H2,1H3. The Bertz CT molecular complexity index is 332. The van der Waals surface area contributed by atoms with E-state index in [9.17, 15) is 0 Å². The van der Waals surface area contributed by atoms with Crippen molar-refractivity contribution >= 4 is 0 Å². The molecule has 1 N–H and O–H groups in total. The minimum atomic E-state index is 0.419. The topological polar surface area (TPSA) is 39.1 Å². The second-order valence-corrected chi connectivity index (χ2v) is 4.21. The van der Waals surface area contributed by atoms with Crippen molar-refractivity contribution in [2.75, 3.05) is 19.8 Å². The Labute approximate surface area is 96.3 Å². The van der Waals surface area contributed by atoms with Gasteiger partial charge in [0.2, 0.25) is 0 Å². The van der Waals surface area contributed by atoms with Crippen LogP contribution in [-0.2, 0) is 11.3 Å². The van der Waals surface area contributed by atoms with Crippen molar-refractivity contribution in [3.8, 4) is 0 Å². The highest BCUT2D eigenvalue weighted by Crippen LogP contribution is 2.04.